The van der Waals surface area contributed by atoms with Crippen molar-refractivity contribution in [2.75, 3.05) is 0 Å². The van der Waals surface area contributed by atoms with Crippen LogP contribution in [0.25, 0.3) is 0 Å². The maximum atomic E-state index is 14.2. The molecule has 2 amide bonds. The van der Waals surface area contributed by atoms with E-state index in [4.69, 9.17) is 32.5 Å². The molecule has 3 heterocycles. The summed E-state index contributed by atoms with van der Waals surface area (Å²) in [5.74, 6) is -0.220. The molecule has 1 aromatic rings. The summed E-state index contributed by atoms with van der Waals surface area (Å²) in [6.07, 6.45) is 6.82. The highest BCUT2D eigenvalue weighted by Crippen LogP contribution is 2.46. The Morgan fingerprint density at radius 1 is 0.976 bits per heavy atom. The van der Waals surface area contributed by atoms with E-state index in [0.29, 0.717) is 28.5 Å². The average Bonchev–Trinajstić information content (AvgIpc) is 3.19. The van der Waals surface area contributed by atoms with Gasteiger partial charge in [0.15, 0.2) is 0 Å². The lowest BCUT2D eigenvalue weighted by Crippen LogP contribution is -2.67. The number of hydrogen-bond acceptors (Lipinski definition) is 5. The van der Waals surface area contributed by atoms with Crippen LogP contribution in [0.1, 0.15) is 106 Å². The fourth-order valence-electron chi connectivity index (χ4n) is 7.07. The van der Waals surface area contributed by atoms with Crippen LogP contribution >= 0.6 is 23.2 Å². The van der Waals surface area contributed by atoms with Crippen molar-refractivity contribution >= 4 is 42.1 Å². The summed E-state index contributed by atoms with van der Waals surface area (Å²) in [6, 6.07) is 6.52. The molecule has 3 aliphatic heterocycles. The molecule has 3 fully saturated rings. The third-order valence-corrected chi connectivity index (χ3v) is 10.5. The van der Waals surface area contributed by atoms with Crippen LogP contribution in [0.2, 0.25) is 16.4 Å². The van der Waals surface area contributed by atoms with Crippen molar-refractivity contribution in [3.05, 3.63) is 33.8 Å². The second-order valence-electron chi connectivity index (χ2n) is 14.8. The highest BCUT2D eigenvalue weighted by Gasteiger charge is 2.53. The van der Waals surface area contributed by atoms with Crippen LogP contribution in [-0.4, -0.2) is 58.2 Å². The van der Waals surface area contributed by atoms with E-state index < -0.39 is 11.1 Å². The first-order valence-electron chi connectivity index (χ1n) is 15.6. The summed E-state index contributed by atoms with van der Waals surface area (Å²) in [5, 5.41) is 7.59. The first kappa shape index (κ1) is 33.6. The second-order valence-corrected chi connectivity index (χ2v) is 15.6. The molecule has 4 atom stereocenters. The number of hydrogen-bond donors (Lipinski definition) is 2. The van der Waals surface area contributed by atoms with Crippen molar-refractivity contribution in [2.24, 2.45) is 5.92 Å². The topological polar surface area (TPSA) is 79.9 Å². The van der Waals surface area contributed by atoms with Gasteiger partial charge in [0.2, 0.25) is 11.8 Å². The minimum atomic E-state index is -0.981. The normalized spacial score (nSPS) is 26.6. The van der Waals surface area contributed by atoms with Crippen LogP contribution in [-0.2, 0) is 25.4 Å². The number of unbranched alkanes of at least 4 members (excludes halogenated alkanes) is 1. The van der Waals surface area contributed by atoms with Crippen LogP contribution in [0, 0.1) is 5.92 Å². The van der Waals surface area contributed by atoms with Gasteiger partial charge in [0.1, 0.15) is 5.54 Å². The summed E-state index contributed by atoms with van der Waals surface area (Å²) in [6.45, 7) is 16.6. The van der Waals surface area contributed by atoms with Gasteiger partial charge >= 0.3 is 7.12 Å². The molecule has 2 bridgehead atoms. The van der Waals surface area contributed by atoms with Crippen LogP contribution < -0.4 is 10.6 Å². The Morgan fingerprint density at radius 3 is 2.10 bits per heavy atom. The van der Waals surface area contributed by atoms with Gasteiger partial charge in [-0.2, -0.15) is 0 Å². The minimum absolute atomic E-state index is 0.0307. The Balaban J connectivity index is 1.51. The second kappa shape index (κ2) is 12.6. The zero-order valence-corrected chi connectivity index (χ0v) is 28.3. The molecule has 10 heteroatoms. The molecular formula is C32H50BCl2N3O4. The number of nitrogens with one attached hydrogen (secondary N) is 2. The van der Waals surface area contributed by atoms with Gasteiger partial charge in [0.05, 0.1) is 21.2 Å². The Bertz CT molecular complexity index is 1130. The number of rotatable bonds is 10. The lowest BCUT2D eigenvalue weighted by Gasteiger charge is -2.48. The molecule has 1 aromatic carbocycles. The standard InChI is InChI=1S/C32H50BCl2N3O4/c1-21(39)36-32(28(40)37-29(2,3)4,15-9-10-16-33-41-30(5,6)31(7,8)42-33)23-18-24-12-13-25(19-23)38(24)20-22-11-14-26(34)27(35)17-22/h11,14,17,23-25H,9-10,12-13,15-16,18-20H2,1-8H3,(H,36,39)(H,37,40)/t23?,24-,25+,32?. The van der Waals surface area contributed by atoms with E-state index in [1.807, 2.05) is 39.0 Å². The fraction of sp³-hybridized carbons (Fsp3) is 0.750. The maximum Gasteiger partial charge on any atom is 0.457 e. The average molecular weight is 622 g/mol. The molecule has 3 aliphatic rings. The van der Waals surface area contributed by atoms with Crippen molar-refractivity contribution in [2.45, 2.75) is 148 Å². The van der Waals surface area contributed by atoms with Gasteiger partial charge in [-0.25, -0.2) is 0 Å². The zero-order chi connectivity index (χ0) is 31.1. The molecule has 0 aromatic heterocycles. The van der Waals surface area contributed by atoms with Gasteiger partial charge < -0.3 is 19.9 Å². The Hall–Kier alpha value is -1.32. The first-order chi connectivity index (χ1) is 19.4. The van der Waals surface area contributed by atoms with Crippen LogP contribution in [0.3, 0.4) is 0 Å². The smallest absolute Gasteiger partial charge is 0.403 e. The predicted octanol–water partition coefficient (Wildman–Crippen LogP) is 6.79. The lowest BCUT2D eigenvalue weighted by atomic mass is 9.70. The molecule has 0 aliphatic carbocycles. The van der Waals surface area contributed by atoms with E-state index >= 15 is 0 Å². The predicted molar refractivity (Wildman–Crippen MR) is 171 cm³/mol. The van der Waals surface area contributed by atoms with Gasteiger partial charge in [-0.05, 0) is 111 Å². The van der Waals surface area contributed by atoms with Crippen molar-refractivity contribution in [1.29, 1.82) is 0 Å². The monoisotopic (exact) mass is 621 g/mol. The van der Waals surface area contributed by atoms with Crippen LogP contribution in [0.4, 0.5) is 0 Å². The highest BCUT2D eigenvalue weighted by atomic mass is 35.5. The lowest BCUT2D eigenvalue weighted by molar-refractivity contribution is -0.138. The Labute approximate surface area is 263 Å². The summed E-state index contributed by atoms with van der Waals surface area (Å²) in [7, 11) is -0.269. The molecule has 0 saturated carbocycles. The molecular weight excluding hydrogens is 572 g/mol. The molecule has 2 unspecified atom stereocenters. The Kier molecular flexibility index (Phi) is 10.1. The number of nitrogens with zero attached hydrogens (tertiary/aromatic N) is 1. The van der Waals surface area contributed by atoms with Gasteiger partial charge in [-0.3, -0.25) is 14.5 Å². The molecule has 0 spiro atoms. The van der Waals surface area contributed by atoms with Crippen molar-refractivity contribution in [3.63, 3.8) is 0 Å². The SMILES string of the molecule is CC(=O)NC(CCCCB1OC(C)(C)C(C)(C)O1)(C(=O)NC(C)(C)C)C1C[C@H]2CC[C@@H](C1)N2Cc1ccc(Cl)c(Cl)c1. The summed E-state index contributed by atoms with van der Waals surface area (Å²) in [4.78, 5) is 29.5. The number of amides is 2. The maximum absolute atomic E-state index is 14.2. The zero-order valence-electron chi connectivity index (χ0n) is 26.7. The van der Waals surface area contributed by atoms with Gasteiger partial charge in [0.25, 0.3) is 0 Å². The molecule has 2 N–H and O–H groups in total. The van der Waals surface area contributed by atoms with E-state index in [1.54, 1.807) is 0 Å². The third-order valence-electron chi connectivity index (χ3n) is 9.79. The van der Waals surface area contributed by atoms with Crippen molar-refractivity contribution in [1.82, 2.24) is 15.5 Å². The minimum Gasteiger partial charge on any atom is -0.403 e. The van der Waals surface area contributed by atoms with E-state index in [9.17, 15) is 9.59 Å². The van der Waals surface area contributed by atoms with Gasteiger partial charge in [-0.1, -0.05) is 42.1 Å². The molecule has 4 rings (SSSR count). The molecule has 7 nitrogen and oxygen atoms in total. The first-order valence-corrected chi connectivity index (χ1v) is 16.3. The highest BCUT2D eigenvalue weighted by molar-refractivity contribution is 6.45. The summed E-state index contributed by atoms with van der Waals surface area (Å²) in [5.41, 5.74) is -0.993. The fourth-order valence-corrected chi connectivity index (χ4v) is 7.39. The van der Waals surface area contributed by atoms with E-state index in [-0.39, 0.29) is 36.1 Å². The molecule has 42 heavy (non-hydrogen) atoms. The number of halogens is 2. The number of carbonyl (C=O) groups excluding carboxylic acids is 2. The molecule has 0 radical (unpaired) electrons. The number of piperidine rings is 1. The Morgan fingerprint density at radius 2 is 1.57 bits per heavy atom. The van der Waals surface area contributed by atoms with Crippen LogP contribution in [0.5, 0.6) is 0 Å². The number of fused-ring (bicyclic) bond motifs is 2. The number of benzene rings is 1. The number of carbonyl (C=O) groups is 2. The molecule has 3 saturated heterocycles. The van der Waals surface area contributed by atoms with Crippen molar-refractivity contribution < 1.29 is 18.9 Å². The van der Waals surface area contributed by atoms with E-state index in [0.717, 1.165) is 57.0 Å². The van der Waals surface area contributed by atoms with Crippen LogP contribution in [0.15, 0.2) is 18.2 Å². The van der Waals surface area contributed by atoms with Gasteiger partial charge in [-0.15, -0.1) is 0 Å². The van der Waals surface area contributed by atoms with Gasteiger partial charge in [0, 0.05) is 31.1 Å². The largest absolute Gasteiger partial charge is 0.457 e. The third kappa shape index (κ3) is 7.48. The van der Waals surface area contributed by atoms with Crippen molar-refractivity contribution in [3.8, 4) is 0 Å². The molecule has 234 valence electrons. The van der Waals surface area contributed by atoms with E-state index in [2.05, 4.69) is 43.2 Å². The quantitative estimate of drug-likeness (QED) is 0.222. The summed E-state index contributed by atoms with van der Waals surface area (Å²) >= 11 is 12.5. The summed E-state index contributed by atoms with van der Waals surface area (Å²) < 4.78 is 12.4. The van der Waals surface area contributed by atoms with E-state index in [1.165, 1.54) is 6.92 Å².